The van der Waals surface area contributed by atoms with Crippen molar-refractivity contribution in [1.82, 2.24) is 10.2 Å². The van der Waals surface area contributed by atoms with Gasteiger partial charge in [-0.2, -0.15) is 0 Å². The fourth-order valence-corrected chi connectivity index (χ4v) is 3.33. The molecule has 0 atom stereocenters. The number of rotatable bonds is 9. The van der Waals surface area contributed by atoms with Crippen LogP contribution in [0.3, 0.4) is 0 Å². The number of ether oxygens (including phenoxy) is 2. The average Bonchev–Trinajstić information content (AvgIpc) is 2.93. The Hall–Kier alpha value is -2.52. The second-order valence-corrected chi connectivity index (χ2v) is 6.62. The van der Waals surface area contributed by atoms with Crippen LogP contribution in [-0.4, -0.2) is 61.0 Å². The number of aliphatic hydroxyl groups excluding tert-OH is 1. The number of aliphatic hydroxyl groups is 1. The first-order chi connectivity index (χ1) is 13.0. The van der Waals surface area contributed by atoms with Gasteiger partial charge < -0.3 is 19.9 Å². The molecule has 146 valence electrons. The highest BCUT2D eigenvalue weighted by molar-refractivity contribution is 8.18. The van der Waals surface area contributed by atoms with Crippen LogP contribution in [0.1, 0.15) is 18.4 Å². The molecule has 0 spiro atoms. The molecule has 0 aromatic heterocycles. The number of benzene rings is 1. The minimum absolute atomic E-state index is 0.129. The van der Waals surface area contributed by atoms with Crippen molar-refractivity contribution in [3.63, 3.8) is 0 Å². The number of hydrogen-bond acceptors (Lipinski definition) is 7. The quantitative estimate of drug-likeness (QED) is 0.613. The molecule has 0 unspecified atom stereocenters. The van der Waals surface area contributed by atoms with Crippen LogP contribution in [0.15, 0.2) is 23.1 Å². The molecule has 2 N–H and O–H groups in total. The summed E-state index contributed by atoms with van der Waals surface area (Å²) >= 11 is 0.866. The molecule has 9 heteroatoms. The van der Waals surface area contributed by atoms with E-state index in [1.54, 1.807) is 24.3 Å². The van der Waals surface area contributed by atoms with E-state index in [9.17, 15) is 14.4 Å². The van der Waals surface area contributed by atoms with Crippen molar-refractivity contribution in [2.75, 3.05) is 33.9 Å². The Kier molecular flexibility index (Phi) is 7.68. The molecule has 0 radical (unpaired) electrons. The van der Waals surface area contributed by atoms with Crippen molar-refractivity contribution in [2.24, 2.45) is 0 Å². The minimum atomic E-state index is -0.379. The van der Waals surface area contributed by atoms with Crippen LogP contribution in [-0.2, 0) is 9.59 Å². The molecule has 1 aromatic carbocycles. The highest BCUT2D eigenvalue weighted by Crippen LogP contribution is 2.34. The fraction of sp³-hybridized carbons (Fsp3) is 0.389. The van der Waals surface area contributed by atoms with Crippen LogP contribution in [0.5, 0.6) is 11.5 Å². The predicted molar refractivity (Wildman–Crippen MR) is 102 cm³/mol. The summed E-state index contributed by atoms with van der Waals surface area (Å²) in [4.78, 5) is 37.5. The normalized spacial score (nSPS) is 15.4. The summed E-state index contributed by atoms with van der Waals surface area (Å²) in [6.45, 7) is 0.227. The molecule has 0 aliphatic carbocycles. The van der Waals surface area contributed by atoms with Gasteiger partial charge in [0.1, 0.15) is 0 Å². The number of hydrogen-bond donors (Lipinski definition) is 2. The molecule has 27 heavy (non-hydrogen) atoms. The predicted octanol–water partition coefficient (Wildman–Crippen LogP) is 1.63. The average molecular weight is 394 g/mol. The first-order valence-electron chi connectivity index (χ1n) is 8.35. The van der Waals surface area contributed by atoms with E-state index in [4.69, 9.17) is 14.6 Å². The molecule has 8 nitrogen and oxygen atoms in total. The Morgan fingerprint density at radius 1 is 1.26 bits per heavy atom. The van der Waals surface area contributed by atoms with Crippen molar-refractivity contribution in [3.05, 3.63) is 28.7 Å². The van der Waals surface area contributed by atoms with Crippen LogP contribution in [0, 0.1) is 0 Å². The van der Waals surface area contributed by atoms with Crippen molar-refractivity contribution < 1.29 is 29.0 Å². The fourth-order valence-electron chi connectivity index (χ4n) is 2.47. The molecular formula is C18H22N2O6S. The number of nitrogens with one attached hydrogen (secondary N) is 1. The van der Waals surface area contributed by atoms with E-state index in [1.807, 2.05) is 0 Å². The highest BCUT2D eigenvalue weighted by Gasteiger charge is 2.34. The Labute approximate surface area is 161 Å². The lowest BCUT2D eigenvalue weighted by molar-refractivity contribution is -0.124. The van der Waals surface area contributed by atoms with Gasteiger partial charge in [0.2, 0.25) is 5.91 Å². The van der Waals surface area contributed by atoms with Gasteiger partial charge in [-0.25, -0.2) is 0 Å². The summed E-state index contributed by atoms with van der Waals surface area (Å²) in [6, 6.07) is 5.21. The maximum absolute atomic E-state index is 12.5. The zero-order chi connectivity index (χ0) is 19.8. The lowest BCUT2D eigenvalue weighted by Crippen LogP contribution is -2.31. The van der Waals surface area contributed by atoms with Gasteiger partial charge in [-0.3, -0.25) is 19.3 Å². The first kappa shape index (κ1) is 20.8. The van der Waals surface area contributed by atoms with Crippen LogP contribution in [0.4, 0.5) is 4.79 Å². The van der Waals surface area contributed by atoms with E-state index in [1.165, 1.54) is 14.2 Å². The second kappa shape index (κ2) is 9.98. The number of imide groups is 1. The molecule has 1 aliphatic heterocycles. The molecule has 1 saturated heterocycles. The summed E-state index contributed by atoms with van der Waals surface area (Å²) < 4.78 is 10.4. The van der Waals surface area contributed by atoms with E-state index in [0.29, 0.717) is 28.4 Å². The number of thioether (sulfide) groups is 1. The van der Waals surface area contributed by atoms with Crippen LogP contribution < -0.4 is 14.8 Å². The zero-order valence-electron chi connectivity index (χ0n) is 15.2. The minimum Gasteiger partial charge on any atom is -0.493 e. The van der Waals surface area contributed by atoms with Gasteiger partial charge >= 0.3 is 0 Å². The van der Waals surface area contributed by atoms with E-state index < -0.39 is 0 Å². The SMILES string of the molecule is COc1ccc(C=C2SC(=O)N(CCCC(=O)NCCO)C2=O)cc1OC. The largest absolute Gasteiger partial charge is 0.493 e. The molecule has 1 heterocycles. The van der Waals surface area contributed by atoms with E-state index in [-0.39, 0.29) is 43.2 Å². The summed E-state index contributed by atoms with van der Waals surface area (Å²) in [5.74, 6) is 0.494. The van der Waals surface area contributed by atoms with Crippen LogP contribution in [0.25, 0.3) is 6.08 Å². The van der Waals surface area contributed by atoms with Crippen molar-refractivity contribution in [3.8, 4) is 11.5 Å². The standard InChI is InChI=1S/C18H22N2O6S/c1-25-13-6-5-12(10-14(13)26-2)11-15-17(23)20(18(24)27-15)8-3-4-16(22)19-7-9-21/h5-6,10-11,21H,3-4,7-9H2,1-2H3,(H,19,22). The number of carbonyl (C=O) groups is 3. The Morgan fingerprint density at radius 3 is 2.67 bits per heavy atom. The summed E-state index contributed by atoms with van der Waals surface area (Å²) in [5.41, 5.74) is 0.710. The summed E-state index contributed by atoms with van der Waals surface area (Å²) in [7, 11) is 3.05. The topological polar surface area (TPSA) is 105 Å². The maximum Gasteiger partial charge on any atom is 0.293 e. The number of carbonyl (C=O) groups excluding carboxylic acids is 3. The maximum atomic E-state index is 12.5. The molecule has 0 bridgehead atoms. The van der Waals surface area contributed by atoms with E-state index >= 15 is 0 Å². The van der Waals surface area contributed by atoms with E-state index in [0.717, 1.165) is 16.7 Å². The lowest BCUT2D eigenvalue weighted by Gasteiger charge is -2.12. The second-order valence-electron chi connectivity index (χ2n) is 5.62. The van der Waals surface area contributed by atoms with Crippen LogP contribution >= 0.6 is 11.8 Å². The van der Waals surface area contributed by atoms with Gasteiger partial charge in [-0.1, -0.05) is 6.07 Å². The summed E-state index contributed by atoms with van der Waals surface area (Å²) in [6.07, 6.45) is 2.16. The Balaban J connectivity index is 2.00. The number of amides is 3. The molecule has 2 rings (SSSR count). The van der Waals surface area contributed by atoms with Crippen molar-refractivity contribution in [1.29, 1.82) is 0 Å². The van der Waals surface area contributed by atoms with Gasteiger partial charge in [-0.05, 0) is 42.0 Å². The Bertz CT molecular complexity index is 749. The van der Waals surface area contributed by atoms with Crippen LogP contribution in [0.2, 0.25) is 0 Å². The number of methoxy groups -OCH3 is 2. The van der Waals surface area contributed by atoms with Gasteiger partial charge in [0, 0.05) is 19.5 Å². The molecular weight excluding hydrogens is 372 g/mol. The molecule has 3 amide bonds. The zero-order valence-corrected chi connectivity index (χ0v) is 16.0. The third-order valence-corrected chi connectivity index (χ3v) is 4.71. The van der Waals surface area contributed by atoms with Crippen molar-refractivity contribution in [2.45, 2.75) is 12.8 Å². The van der Waals surface area contributed by atoms with Gasteiger partial charge in [0.25, 0.3) is 11.1 Å². The third kappa shape index (κ3) is 5.48. The van der Waals surface area contributed by atoms with E-state index in [2.05, 4.69) is 5.32 Å². The molecule has 1 fully saturated rings. The first-order valence-corrected chi connectivity index (χ1v) is 9.16. The van der Waals surface area contributed by atoms with Gasteiger partial charge in [0.05, 0.1) is 25.7 Å². The third-order valence-electron chi connectivity index (χ3n) is 3.80. The summed E-state index contributed by atoms with van der Waals surface area (Å²) in [5, 5.41) is 10.8. The van der Waals surface area contributed by atoms with Crippen molar-refractivity contribution >= 4 is 34.9 Å². The van der Waals surface area contributed by atoms with Gasteiger partial charge in [0.15, 0.2) is 11.5 Å². The smallest absolute Gasteiger partial charge is 0.293 e. The molecule has 1 aromatic rings. The number of nitrogens with zero attached hydrogens (tertiary/aromatic N) is 1. The monoisotopic (exact) mass is 394 g/mol. The molecule has 1 aliphatic rings. The lowest BCUT2D eigenvalue weighted by atomic mass is 10.2. The Morgan fingerprint density at radius 2 is 2.00 bits per heavy atom. The molecule has 0 saturated carbocycles. The highest BCUT2D eigenvalue weighted by atomic mass is 32.2. The van der Waals surface area contributed by atoms with Gasteiger partial charge in [-0.15, -0.1) is 0 Å².